The highest BCUT2D eigenvalue weighted by Crippen LogP contribution is 2.39. The van der Waals surface area contributed by atoms with Gasteiger partial charge in [-0.3, -0.25) is 0 Å². The molecule has 0 N–H and O–H groups in total. The van der Waals surface area contributed by atoms with E-state index in [0.717, 1.165) is 33.4 Å². The first-order valence-corrected chi connectivity index (χ1v) is 9.68. The Morgan fingerprint density at radius 3 is 2.81 bits per heavy atom. The molecule has 0 bridgehead atoms. The van der Waals surface area contributed by atoms with Crippen LogP contribution in [0.1, 0.15) is 30.4 Å². The van der Waals surface area contributed by atoms with E-state index in [1.807, 2.05) is 53.1 Å². The van der Waals surface area contributed by atoms with Crippen LogP contribution in [0.5, 0.6) is 0 Å². The summed E-state index contributed by atoms with van der Waals surface area (Å²) in [6, 6.07) is 10.3. The van der Waals surface area contributed by atoms with Crippen LogP contribution in [0.2, 0.25) is 0 Å². The zero-order chi connectivity index (χ0) is 17.5. The van der Waals surface area contributed by atoms with E-state index in [0.29, 0.717) is 11.7 Å². The van der Waals surface area contributed by atoms with E-state index in [2.05, 4.69) is 22.1 Å². The molecule has 6 nitrogen and oxygen atoms in total. The molecule has 0 amide bonds. The first-order chi connectivity index (χ1) is 12.8. The van der Waals surface area contributed by atoms with Crippen molar-refractivity contribution in [1.29, 1.82) is 0 Å². The molecule has 1 aromatic carbocycles. The van der Waals surface area contributed by atoms with Gasteiger partial charge in [-0.15, -0.1) is 5.10 Å². The second-order valence-electron chi connectivity index (χ2n) is 6.54. The Kier molecular flexibility index (Phi) is 3.74. The molecule has 0 atom stereocenters. The van der Waals surface area contributed by atoms with Crippen LogP contribution >= 0.6 is 11.8 Å². The summed E-state index contributed by atoms with van der Waals surface area (Å²) in [6.45, 7) is 0. The summed E-state index contributed by atoms with van der Waals surface area (Å²) in [5.41, 5.74) is 0. The molecule has 1 saturated carbocycles. The van der Waals surface area contributed by atoms with Crippen molar-refractivity contribution in [3.8, 4) is 5.82 Å². The third-order valence-corrected chi connectivity index (χ3v) is 5.65. The Bertz CT molecular complexity index is 1070. The molecule has 130 valence electrons. The normalized spacial score (nSPS) is 14.2. The molecular weight excluding hydrogens is 344 g/mol. The minimum atomic E-state index is 0.503. The molecule has 3 aromatic heterocycles. The number of aryl methyl sites for hydroxylation is 1. The lowest BCUT2D eigenvalue weighted by Crippen LogP contribution is -2.05. The van der Waals surface area contributed by atoms with Gasteiger partial charge in [-0.1, -0.05) is 36.0 Å². The Balaban J connectivity index is 1.57. The van der Waals surface area contributed by atoms with E-state index in [1.165, 1.54) is 12.8 Å². The third-order valence-electron chi connectivity index (χ3n) is 4.59. The summed E-state index contributed by atoms with van der Waals surface area (Å²) in [5, 5.41) is 8.03. The number of thioether (sulfide) groups is 1. The first kappa shape index (κ1) is 15.6. The van der Waals surface area contributed by atoms with Crippen LogP contribution in [0.3, 0.4) is 0 Å². The second-order valence-corrected chi connectivity index (χ2v) is 7.48. The quantitative estimate of drug-likeness (QED) is 0.506. The molecule has 5 rings (SSSR count). The summed E-state index contributed by atoms with van der Waals surface area (Å²) in [6.07, 6.45) is 7.97. The Morgan fingerprint density at radius 1 is 1.12 bits per heavy atom. The summed E-state index contributed by atoms with van der Waals surface area (Å²) in [7, 11) is 2.00. The number of aromatic nitrogens is 6. The van der Waals surface area contributed by atoms with Gasteiger partial charge < -0.3 is 4.57 Å². The number of pyridine rings is 1. The number of nitrogens with zero attached hydrogens (tertiary/aromatic N) is 6. The summed E-state index contributed by atoms with van der Waals surface area (Å²) >= 11 is 1.67. The predicted octanol–water partition coefficient (Wildman–Crippen LogP) is 3.72. The van der Waals surface area contributed by atoms with Gasteiger partial charge in [0.15, 0.2) is 16.8 Å². The lowest BCUT2D eigenvalue weighted by atomic mass is 10.1. The monoisotopic (exact) mass is 362 g/mol. The van der Waals surface area contributed by atoms with Gasteiger partial charge in [0, 0.05) is 36.9 Å². The predicted molar refractivity (Wildman–Crippen MR) is 101 cm³/mol. The van der Waals surface area contributed by atoms with Crippen molar-refractivity contribution in [2.75, 3.05) is 0 Å². The van der Waals surface area contributed by atoms with Gasteiger partial charge in [0.2, 0.25) is 0 Å². The fourth-order valence-electron chi connectivity index (χ4n) is 3.03. The number of fused-ring (bicyclic) bond motifs is 1. The fourth-order valence-corrected chi connectivity index (χ4v) is 3.88. The summed E-state index contributed by atoms with van der Waals surface area (Å²) in [4.78, 5) is 13.9. The highest BCUT2D eigenvalue weighted by molar-refractivity contribution is 7.98. The zero-order valence-electron chi connectivity index (χ0n) is 14.4. The number of rotatable bonds is 5. The maximum atomic E-state index is 4.84. The van der Waals surface area contributed by atoms with Crippen molar-refractivity contribution in [3.63, 3.8) is 0 Å². The largest absolute Gasteiger partial charge is 0.329 e. The molecule has 1 aliphatic carbocycles. The Morgan fingerprint density at radius 2 is 2.00 bits per heavy atom. The van der Waals surface area contributed by atoms with Crippen LogP contribution in [0.25, 0.3) is 16.6 Å². The molecule has 7 heteroatoms. The van der Waals surface area contributed by atoms with Crippen LogP contribution in [0.15, 0.2) is 54.1 Å². The van der Waals surface area contributed by atoms with Crippen molar-refractivity contribution >= 4 is 22.5 Å². The van der Waals surface area contributed by atoms with E-state index in [-0.39, 0.29) is 0 Å². The van der Waals surface area contributed by atoms with Crippen LogP contribution in [-0.4, -0.2) is 29.3 Å². The second kappa shape index (κ2) is 6.25. The van der Waals surface area contributed by atoms with Gasteiger partial charge >= 0.3 is 0 Å². The Labute approximate surface area is 155 Å². The standard InChI is InChI=1S/C19H18N6S/c1-24-11-10-21-19(24)26-12-16-22-17(14-6-7-14)23-25(16)18-15-5-3-2-4-13(15)8-9-20-18/h2-5,8-11,14H,6-7,12H2,1H3. The maximum Gasteiger partial charge on any atom is 0.168 e. The third kappa shape index (κ3) is 2.78. The number of benzene rings is 1. The van der Waals surface area contributed by atoms with Gasteiger partial charge in [0.25, 0.3) is 0 Å². The SMILES string of the molecule is Cn1ccnc1SCc1nc(C2CC2)nn1-c1nccc2ccccc12. The number of imidazole rings is 1. The van der Waals surface area contributed by atoms with Crippen molar-refractivity contribution in [2.24, 2.45) is 7.05 Å². The van der Waals surface area contributed by atoms with Crippen molar-refractivity contribution < 1.29 is 0 Å². The molecular formula is C19H18N6S. The molecule has 4 aromatic rings. The number of hydrogen-bond donors (Lipinski definition) is 0. The molecule has 1 fully saturated rings. The van der Waals surface area contributed by atoms with Crippen molar-refractivity contribution in [3.05, 3.63) is 60.6 Å². The molecule has 1 aliphatic rings. The van der Waals surface area contributed by atoms with Crippen LogP contribution in [-0.2, 0) is 12.8 Å². The Hall–Kier alpha value is -2.67. The van der Waals surface area contributed by atoms with Crippen LogP contribution in [0, 0.1) is 0 Å². The van der Waals surface area contributed by atoms with Crippen LogP contribution in [0.4, 0.5) is 0 Å². The lowest BCUT2D eigenvalue weighted by Gasteiger charge is -2.08. The minimum absolute atomic E-state index is 0.503. The topological polar surface area (TPSA) is 61.4 Å². The van der Waals surface area contributed by atoms with E-state index in [9.17, 15) is 0 Å². The van der Waals surface area contributed by atoms with E-state index in [4.69, 9.17) is 10.1 Å². The number of hydrogen-bond acceptors (Lipinski definition) is 5. The van der Waals surface area contributed by atoms with E-state index < -0.39 is 0 Å². The lowest BCUT2D eigenvalue weighted by molar-refractivity contribution is 0.780. The van der Waals surface area contributed by atoms with E-state index >= 15 is 0 Å². The smallest absolute Gasteiger partial charge is 0.168 e. The summed E-state index contributed by atoms with van der Waals surface area (Å²) in [5.74, 6) is 3.91. The van der Waals surface area contributed by atoms with Gasteiger partial charge in [-0.25, -0.2) is 15.0 Å². The van der Waals surface area contributed by atoms with E-state index in [1.54, 1.807) is 11.8 Å². The highest BCUT2D eigenvalue weighted by Gasteiger charge is 2.29. The molecule has 0 spiro atoms. The minimum Gasteiger partial charge on any atom is -0.329 e. The molecule has 0 radical (unpaired) electrons. The maximum absolute atomic E-state index is 4.84. The van der Waals surface area contributed by atoms with Gasteiger partial charge in [0.05, 0.1) is 5.75 Å². The van der Waals surface area contributed by atoms with Crippen LogP contribution < -0.4 is 0 Å². The highest BCUT2D eigenvalue weighted by atomic mass is 32.2. The molecule has 0 saturated heterocycles. The van der Waals surface area contributed by atoms with Gasteiger partial charge in [-0.2, -0.15) is 4.68 Å². The molecule has 0 unspecified atom stereocenters. The van der Waals surface area contributed by atoms with Crippen molar-refractivity contribution in [2.45, 2.75) is 29.7 Å². The fraction of sp³-hybridized carbons (Fsp3) is 0.263. The average molecular weight is 362 g/mol. The van der Waals surface area contributed by atoms with Crippen molar-refractivity contribution in [1.82, 2.24) is 29.3 Å². The average Bonchev–Trinajstić information content (AvgIpc) is 3.31. The zero-order valence-corrected chi connectivity index (χ0v) is 15.2. The first-order valence-electron chi connectivity index (χ1n) is 8.69. The van der Waals surface area contributed by atoms with Gasteiger partial charge in [0.1, 0.15) is 5.82 Å². The molecule has 0 aliphatic heterocycles. The molecule has 3 heterocycles. The van der Waals surface area contributed by atoms with Gasteiger partial charge in [-0.05, 0) is 24.3 Å². The molecule has 26 heavy (non-hydrogen) atoms. The summed E-state index contributed by atoms with van der Waals surface area (Å²) < 4.78 is 3.94.